The Labute approximate surface area is 125 Å². The SMILES string of the molecule is CCOCC(C)N1CC(C2CCCCC2)NCC1CC. The minimum absolute atomic E-state index is 0.549. The van der Waals surface area contributed by atoms with Crippen LogP contribution in [0, 0.1) is 5.92 Å². The molecule has 2 fully saturated rings. The number of nitrogens with zero attached hydrogens (tertiary/aromatic N) is 1. The summed E-state index contributed by atoms with van der Waals surface area (Å²) >= 11 is 0. The van der Waals surface area contributed by atoms with E-state index in [1.54, 1.807) is 0 Å². The molecule has 20 heavy (non-hydrogen) atoms. The first-order valence-electron chi connectivity index (χ1n) is 8.83. The molecule has 1 aliphatic heterocycles. The van der Waals surface area contributed by atoms with Gasteiger partial charge in [0.1, 0.15) is 0 Å². The zero-order valence-corrected chi connectivity index (χ0v) is 13.7. The van der Waals surface area contributed by atoms with Crippen molar-refractivity contribution in [1.82, 2.24) is 10.2 Å². The highest BCUT2D eigenvalue weighted by Gasteiger charge is 2.34. The smallest absolute Gasteiger partial charge is 0.0619 e. The van der Waals surface area contributed by atoms with Gasteiger partial charge >= 0.3 is 0 Å². The number of nitrogens with one attached hydrogen (secondary N) is 1. The van der Waals surface area contributed by atoms with Gasteiger partial charge in [-0.1, -0.05) is 26.2 Å². The van der Waals surface area contributed by atoms with Crippen molar-refractivity contribution in [2.45, 2.75) is 77.4 Å². The molecule has 0 radical (unpaired) electrons. The molecule has 2 rings (SSSR count). The molecule has 0 aromatic carbocycles. The predicted molar refractivity (Wildman–Crippen MR) is 85.1 cm³/mol. The van der Waals surface area contributed by atoms with Gasteiger partial charge in [-0.05, 0) is 39.0 Å². The van der Waals surface area contributed by atoms with Gasteiger partial charge in [0.05, 0.1) is 6.61 Å². The Morgan fingerprint density at radius 1 is 1.20 bits per heavy atom. The van der Waals surface area contributed by atoms with Crippen LogP contribution in [0.15, 0.2) is 0 Å². The maximum absolute atomic E-state index is 5.66. The molecular formula is C17H34N2O. The molecule has 2 aliphatic rings. The van der Waals surface area contributed by atoms with Crippen LogP contribution in [0.1, 0.15) is 59.3 Å². The maximum atomic E-state index is 5.66. The summed E-state index contributed by atoms with van der Waals surface area (Å²) < 4.78 is 5.66. The summed E-state index contributed by atoms with van der Waals surface area (Å²) in [5, 5.41) is 3.85. The molecule has 0 spiro atoms. The second kappa shape index (κ2) is 8.35. The number of rotatable bonds is 6. The fourth-order valence-corrected chi connectivity index (χ4v) is 4.00. The fraction of sp³-hybridized carbons (Fsp3) is 1.00. The average Bonchev–Trinajstić information content (AvgIpc) is 2.52. The van der Waals surface area contributed by atoms with Crippen LogP contribution in [0.25, 0.3) is 0 Å². The Kier molecular flexibility index (Phi) is 6.79. The topological polar surface area (TPSA) is 24.5 Å². The van der Waals surface area contributed by atoms with Gasteiger partial charge in [-0.3, -0.25) is 4.90 Å². The third kappa shape index (κ3) is 4.19. The van der Waals surface area contributed by atoms with Gasteiger partial charge < -0.3 is 10.1 Å². The molecule has 0 bridgehead atoms. The Hall–Kier alpha value is -0.120. The van der Waals surface area contributed by atoms with E-state index in [0.717, 1.165) is 25.7 Å². The van der Waals surface area contributed by atoms with Crippen molar-refractivity contribution in [3.8, 4) is 0 Å². The summed E-state index contributed by atoms with van der Waals surface area (Å²) in [5.74, 6) is 0.906. The van der Waals surface area contributed by atoms with Crippen molar-refractivity contribution < 1.29 is 4.74 Å². The molecule has 1 saturated carbocycles. The van der Waals surface area contributed by atoms with Crippen LogP contribution in [0.3, 0.4) is 0 Å². The minimum Gasteiger partial charge on any atom is -0.380 e. The van der Waals surface area contributed by atoms with E-state index in [2.05, 4.69) is 31.0 Å². The summed E-state index contributed by atoms with van der Waals surface area (Å²) in [6, 6.07) is 1.94. The molecule has 0 amide bonds. The lowest BCUT2D eigenvalue weighted by atomic mass is 9.82. The molecule has 1 N–H and O–H groups in total. The van der Waals surface area contributed by atoms with Crippen molar-refractivity contribution in [1.29, 1.82) is 0 Å². The van der Waals surface area contributed by atoms with Crippen molar-refractivity contribution in [3.63, 3.8) is 0 Å². The van der Waals surface area contributed by atoms with Gasteiger partial charge in [-0.2, -0.15) is 0 Å². The third-order valence-corrected chi connectivity index (χ3v) is 5.31. The lowest BCUT2D eigenvalue weighted by Gasteiger charge is -2.46. The third-order valence-electron chi connectivity index (χ3n) is 5.31. The molecule has 3 atom stereocenters. The maximum Gasteiger partial charge on any atom is 0.0619 e. The molecule has 3 heteroatoms. The quantitative estimate of drug-likeness (QED) is 0.810. The molecule has 3 nitrogen and oxygen atoms in total. The van der Waals surface area contributed by atoms with Gasteiger partial charge in [0, 0.05) is 37.8 Å². The predicted octanol–water partition coefficient (Wildman–Crippen LogP) is 3.04. The van der Waals surface area contributed by atoms with Crippen LogP contribution in [0.4, 0.5) is 0 Å². The number of ether oxygens (including phenoxy) is 1. The van der Waals surface area contributed by atoms with Gasteiger partial charge in [0.2, 0.25) is 0 Å². The Balaban J connectivity index is 1.91. The van der Waals surface area contributed by atoms with E-state index in [9.17, 15) is 0 Å². The number of hydrogen-bond donors (Lipinski definition) is 1. The summed E-state index contributed by atoms with van der Waals surface area (Å²) in [4.78, 5) is 2.71. The summed E-state index contributed by atoms with van der Waals surface area (Å²) in [6.07, 6.45) is 8.43. The van der Waals surface area contributed by atoms with Crippen LogP contribution in [-0.2, 0) is 4.74 Å². The van der Waals surface area contributed by atoms with Gasteiger partial charge in [-0.25, -0.2) is 0 Å². The van der Waals surface area contributed by atoms with Crippen LogP contribution >= 0.6 is 0 Å². The van der Waals surface area contributed by atoms with Crippen LogP contribution in [0.5, 0.6) is 0 Å². The highest BCUT2D eigenvalue weighted by Crippen LogP contribution is 2.29. The molecule has 1 heterocycles. The van der Waals surface area contributed by atoms with Crippen molar-refractivity contribution >= 4 is 0 Å². The Bertz CT molecular complexity index is 266. The van der Waals surface area contributed by atoms with Crippen LogP contribution in [-0.4, -0.2) is 49.3 Å². The summed E-state index contributed by atoms with van der Waals surface area (Å²) in [5.41, 5.74) is 0. The monoisotopic (exact) mass is 282 g/mol. The van der Waals surface area contributed by atoms with E-state index in [1.807, 2.05) is 0 Å². The van der Waals surface area contributed by atoms with E-state index >= 15 is 0 Å². The highest BCUT2D eigenvalue weighted by molar-refractivity contribution is 4.92. The first-order chi connectivity index (χ1) is 9.76. The van der Waals surface area contributed by atoms with E-state index in [1.165, 1.54) is 45.1 Å². The second-order valence-corrected chi connectivity index (χ2v) is 6.68. The van der Waals surface area contributed by atoms with Crippen molar-refractivity contribution in [2.24, 2.45) is 5.92 Å². The molecule has 118 valence electrons. The molecule has 1 saturated heterocycles. The molecule has 1 aliphatic carbocycles. The highest BCUT2D eigenvalue weighted by atomic mass is 16.5. The standard InChI is InChI=1S/C17H34N2O/c1-4-16-11-18-17(15-9-7-6-8-10-15)12-19(16)14(3)13-20-5-2/h14-18H,4-13H2,1-3H3. The van der Waals surface area contributed by atoms with E-state index in [-0.39, 0.29) is 0 Å². The molecule has 0 aromatic heterocycles. The van der Waals surface area contributed by atoms with Gasteiger partial charge in [-0.15, -0.1) is 0 Å². The Morgan fingerprint density at radius 2 is 1.95 bits per heavy atom. The zero-order chi connectivity index (χ0) is 14.4. The number of piperazine rings is 1. The van der Waals surface area contributed by atoms with Crippen LogP contribution in [0.2, 0.25) is 0 Å². The lowest BCUT2D eigenvalue weighted by Crippen LogP contribution is -2.61. The zero-order valence-electron chi connectivity index (χ0n) is 13.7. The first kappa shape index (κ1) is 16.3. The average molecular weight is 282 g/mol. The second-order valence-electron chi connectivity index (χ2n) is 6.68. The normalized spacial score (nSPS) is 31.4. The van der Waals surface area contributed by atoms with E-state index < -0.39 is 0 Å². The first-order valence-corrected chi connectivity index (χ1v) is 8.83. The van der Waals surface area contributed by atoms with Crippen LogP contribution < -0.4 is 5.32 Å². The Morgan fingerprint density at radius 3 is 2.60 bits per heavy atom. The summed E-state index contributed by atoms with van der Waals surface area (Å²) in [6.45, 7) is 10.8. The molecule has 0 aromatic rings. The molecular weight excluding hydrogens is 248 g/mol. The van der Waals surface area contributed by atoms with Crippen molar-refractivity contribution in [2.75, 3.05) is 26.3 Å². The van der Waals surface area contributed by atoms with E-state index in [4.69, 9.17) is 4.74 Å². The van der Waals surface area contributed by atoms with Gasteiger partial charge in [0.15, 0.2) is 0 Å². The minimum atomic E-state index is 0.549. The molecule has 3 unspecified atom stereocenters. The van der Waals surface area contributed by atoms with E-state index in [0.29, 0.717) is 18.1 Å². The van der Waals surface area contributed by atoms with Gasteiger partial charge in [0.25, 0.3) is 0 Å². The van der Waals surface area contributed by atoms with Crippen molar-refractivity contribution in [3.05, 3.63) is 0 Å². The fourth-order valence-electron chi connectivity index (χ4n) is 4.00. The summed E-state index contributed by atoms with van der Waals surface area (Å²) in [7, 11) is 0. The number of hydrogen-bond acceptors (Lipinski definition) is 3. The lowest BCUT2D eigenvalue weighted by molar-refractivity contribution is 0.0160. The largest absolute Gasteiger partial charge is 0.380 e.